The van der Waals surface area contributed by atoms with Gasteiger partial charge >= 0.3 is 6.18 Å². The molecule has 0 aliphatic heterocycles. The molecule has 1 nitrogen and oxygen atoms in total. The van der Waals surface area contributed by atoms with E-state index in [9.17, 15) is 18.0 Å². The molecule has 0 atom stereocenters. The second kappa shape index (κ2) is 6.77. The fourth-order valence-corrected chi connectivity index (χ4v) is 1.75. The van der Waals surface area contributed by atoms with Crippen molar-refractivity contribution in [2.45, 2.75) is 6.18 Å². The van der Waals surface area contributed by atoms with Crippen molar-refractivity contribution < 1.29 is 18.0 Å². The molecule has 0 radical (unpaired) electrons. The highest BCUT2D eigenvalue weighted by Gasteiger charge is 2.32. The smallest absolute Gasteiger partial charge is 0.280 e. The van der Waals surface area contributed by atoms with E-state index in [0.29, 0.717) is 0 Å². The summed E-state index contributed by atoms with van der Waals surface area (Å²) in [6.07, 6.45) is -1.70. The first kappa shape index (κ1) is 15.6. The van der Waals surface area contributed by atoms with Gasteiger partial charge in [0.2, 0.25) is 5.78 Å². The third kappa shape index (κ3) is 4.35. The summed E-state index contributed by atoms with van der Waals surface area (Å²) in [6, 6.07) is 14.0. The van der Waals surface area contributed by atoms with Crippen LogP contribution in [0.25, 0.3) is 6.08 Å². The first-order valence-corrected chi connectivity index (χ1v) is 6.42. The minimum atomic E-state index is -4.49. The minimum absolute atomic E-state index is 0.212. The van der Waals surface area contributed by atoms with E-state index in [4.69, 9.17) is 0 Å². The van der Waals surface area contributed by atoms with E-state index in [1.807, 2.05) is 18.2 Å². The van der Waals surface area contributed by atoms with Gasteiger partial charge in [0.05, 0.1) is 5.56 Å². The first-order valence-electron chi connectivity index (χ1n) is 6.42. The topological polar surface area (TPSA) is 17.1 Å². The van der Waals surface area contributed by atoms with E-state index in [-0.39, 0.29) is 5.56 Å². The van der Waals surface area contributed by atoms with Gasteiger partial charge in [-0.1, -0.05) is 54.5 Å². The first-order chi connectivity index (χ1) is 10.5. The summed E-state index contributed by atoms with van der Waals surface area (Å²) in [5, 5.41) is 0. The Kier molecular flexibility index (Phi) is 4.80. The number of alkyl halides is 3. The largest absolute Gasteiger partial charge is 0.417 e. The van der Waals surface area contributed by atoms with Crippen molar-refractivity contribution in [2.75, 3.05) is 0 Å². The summed E-state index contributed by atoms with van der Waals surface area (Å²) in [7, 11) is 0. The molecule has 2 aromatic carbocycles. The summed E-state index contributed by atoms with van der Waals surface area (Å²) >= 11 is 0. The molecule has 0 heterocycles. The van der Waals surface area contributed by atoms with E-state index in [2.05, 4.69) is 11.8 Å². The highest BCUT2D eigenvalue weighted by Crippen LogP contribution is 2.31. The van der Waals surface area contributed by atoms with Gasteiger partial charge in [0.15, 0.2) is 0 Å². The Labute approximate surface area is 126 Å². The van der Waals surface area contributed by atoms with Crippen molar-refractivity contribution in [3.8, 4) is 11.8 Å². The van der Waals surface area contributed by atoms with Crippen molar-refractivity contribution in [3.05, 3.63) is 77.4 Å². The summed E-state index contributed by atoms with van der Waals surface area (Å²) < 4.78 is 38.3. The maximum Gasteiger partial charge on any atom is 0.417 e. The Morgan fingerprint density at radius 1 is 0.955 bits per heavy atom. The Hall–Kier alpha value is -2.80. The van der Waals surface area contributed by atoms with Gasteiger partial charge < -0.3 is 0 Å². The number of hydrogen-bond donors (Lipinski definition) is 0. The van der Waals surface area contributed by atoms with Crippen LogP contribution in [0.3, 0.4) is 0 Å². The molecular formula is C18H11F3O. The fourth-order valence-electron chi connectivity index (χ4n) is 1.75. The van der Waals surface area contributed by atoms with Crippen LogP contribution in [-0.2, 0) is 11.0 Å². The SMILES string of the molecule is O=C(C#Cc1ccccc1C(F)(F)F)/C=C/c1ccccc1. The van der Waals surface area contributed by atoms with E-state index < -0.39 is 17.5 Å². The fraction of sp³-hybridized carbons (Fsp3) is 0.0556. The number of allylic oxidation sites excluding steroid dienone is 1. The number of hydrogen-bond acceptors (Lipinski definition) is 1. The Balaban J connectivity index is 2.17. The van der Waals surface area contributed by atoms with E-state index in [0.717, 1.165) is 11.6 Å². The highest BCUT2D eigenvalue weighted by molar-refractivity contribution is 6.06. The minimum Gasteiger partial charge on any atom is -0.280 e. The molecule has 2 rings (SSSR count). The van der Waals surface area contributed by atoms with E-state index in [1.54, 1.807) is 18.2 Å². The summed E-state index contributed by atoms with van der Waals surface area (Å²) in [4.78, 5) is 11.6. The summed E-state index contributed by atoms with van der Waals surface area (Å²) in [6.45, 7) is 0. The molecule has 110 valence electrons. The van der Waals surface area contributed by atoms with Gasteiger partial charge in [-0.2, -0.15) is 13.2 Å². The zero-order valence-electron chi connectivity index (χ0n) is 11.4. The lowest BCUT2D eigenvalue weighted by Gasteiger charge is -2.07. The molecular weight excluding hydrogens is 289 g/mol. The van der Waals surface area contributed by atoms with Crippen LogP contribution in [0.15, 0.2) is 60.7 Å². The third-order valence-corrected chi connectivity index (χ3v) is 2.78. The molecule has 0 bridgehead atoms. The average molecular weight is 300 g/mol. The second-order valence-electron chi connectivity index (χ2n) is 4.40. The van der Waals surface area contributed by atoms with Gasteiger partial charge in [0.25, 0.3) is 0 Å². The molecule has 0 saturated heterocycles. The van der Waals surface area contributed by atoms with Crippen molar-refractivity contribution >= 4 is 11.9 Å². The van der Waals surface area contributed by atoms with E-state index in [1.165, 1.54) is 24.3 Å². The lowest BCUT2D eigenvalue weighted by Crippen LogP contribution is -2.07. The second-order valence-corrected chi connectivity index (χ2v) is 4.40. The monoisotopic (exact) mass is 300 g/mol. The lowest BCUT2D eigenvalue weighted by atomic mass is 10.1. The van der Waals surface area contributed by atoms with Crippen LogP contribution in [0.5, 0.6) is 0 Å². The lowest BCUT2D eigenvalue weighted by molar-refractivity contribution is -0.137. The van der Waals surface area contributed by atoms with Crippen LogP contribution < -0.4 is 0 Å². The average Bonchev–Trinajstić information content (AvgIpc) is 2.51. The van der Waals surface area contributed by atoms with Crippen LogP contribution in [0.1, 0.15) is 16.7 Å². The molecule has 0 amide bonds. The molecule has 0 fully saturated rings. The van der Waals surface area contributed by atoms with Crippen LogP contribution >= 0.6 is 0 Å². The van der Waals surface area contributed by atoms with Gasteiger partial charge in [-0.05, 0) is 29.7 Å². The number of rotatable bonds is 2. The van der Waals surface area contributed by atoms with Crippen LogP contribution in [0, 0.1) is 11.8 Å². The maximum absolute atomic E-state index is 12.8. The number of benzene rings is 2. The highest BCUT2D eigenvalue weighted by atomic mass is 19.4. The number of carbonyl (C=O) groups excluding carboxylic acids is 1. The quantitative estimate of drug-likeness (QED) is 0.595. The van der Waals surface area contributed by atoms with Gasteiger partial charge in [-0.25, -0.2) is 0 Å². The molecule has 0 spiro atoms. The normalized spacial score (nSPS) is 11.0. The number of carbonyl (C=O) groups is 1. The zero-order valence-corrected chi connectivity index (χ0v) is 11.4. The van der Waals surface area contributed by atoms with Gasteiger partial charge in [-0.15, -0.1) is 0 Å². The maximum atomic E-state index is 12.8. The third-order valence-electron chi connectivity index (χ3n) is 2.78. The molecule has 0 N–H and O–H groups in total. The molecule has 0 saturated carbocycles. The Bertz CT molecular complexity index is 747. The number of ketones is 1. The predicted molar refractivity (Wildman–Crippen MR) is 78.8 cm³/mol. The zero-order chi connectivity index (χ0) is 16.0. The van der Waals surface area contributed by atoms with Gasteiger partial charge in [-0.3, -0.25) is 4.79 Å². The van der Waals surface area contributed by atoms with Crippen LogP contribution in [0.4, 0.5) is 13.2 Å². The molecule has 22 heavy (non-hydrogen) atoms. The predicted octanol–water partition coefficient (Wildman–Crippen LogP) is 4.34. The van der Waals surface area contributed by atoms with E-state index >= 15 is 0 Å². The Morgan fingerprint density at radius 2 is 1.59 bits per heavy atom. The Morgan fingerprint density at radius 3 is 2.27 bits per heavy atom. The molecule has 4 heteroatoms. The van der Waals surface area contributed by atoms with Crippen molar-refractivity contribution in [2.24, 2.45) is 0 Å². The van der Waals surface area contributed by atoms with Crippen molar-refractivity contribution in [3.63, 3.8) is 0 Å². The standard InChI is InChI=1S/C18H11F3O/c19-18(20,21)17-9-5-4-8-15(17)11-13-16(22)12-10-14-6-2-1-3-7-14/h1-10,12H/b12-10+. The van der Waals surface area contributed by atoms with Crippen molar-refractivity contribution in [1.29, 1.82) is 0 Å². The van der Waals surface area contributed by atoms with Gasteiger partial charge in [0, 0.05) is 5.56 Å². The summed E-state index contributed by atoms with van der Waals surface area (Å²) in [5.41, 5.74) is -0.243. The van der Waals surface area contributed by atoms with Crippen LogP contribution in [-0.4, -0.2) is 5.78 Å². The molecule has 0 aliphatic carbocycles. The molecule has 2 aromatic rings. The molecule has 0 aliphatic rings. The molecule has 0 unspecified atom stereocenters. The summed E-state index contributed by atoms with van der Waals surface area (Å²) in [5.74, 6) is 3.94. The number of halogens is 3. The van der Waals surface area contributed by atoms with Gasteiger partial charge in [0.1, 0.15) is 0 Å². The van der Waals surface area contributed by atoms with Crippen LogP contribution in [0.2, 0.25) is 0 Å². The van der Waals surface area contributed by atoms with Crippen molar-refractivity contribution in [1.82, 2.24) is 0 Å². The molecule has 0 aromatic heterocycles.